The summed E-state index contributed by atoms with van der Waals surface area (Å²) in [6, 6.07) is 9.86. The molecule has 1 atom stereocenters. The standard InChI is InChI=1S/C21H21F2N3O2/c1-20(22,23)15-6-4-14(5-7-15)17-11-25-19(16-3-2-9-24-18(16)17)26-12-21(27)8-10-28-13-21/h2-7,9,11,27H,8,10,12-13H2,1H3,(H,25,26)/t21-/m1/s1. The summed E-state index contributed by atoms with van der Waals surface area (Å²) >= 11 is 0. The lowest BCUT2D eigenvalue weighted by atomic mass is 10.0. The second-order valence-electron chi connectivity index (χ2n) is 7.27. The number of hydrogen-bond donors (Lipinski definition) is 2. The fourth-order valence-corrected chi connectivity index (χ4v) is 3.35. The first kappa shape index (κ1) is 18.7. The molecule has 3 heterocycles. The van der Waals surface area contributed by atoms with E-state index in [1.165, 1.54) is 12.1 Å². The molecule has 1 fully saturated rings. The summed E-state index contributed by atoms with van der Waals surface area (Å²) in [4.78, 5) is 8.97. The van der Waals surface area contributed by atoms with Gasteiger partial charge in [-0.15, -0.1) is 0 Å². The summed E-state index contributed by atoms with van der Waals surface area (Å²) < 4.78 is 32.2. The van der Waals surface area contributed by atoms with E-state index in [1.807, 2.05) is 12.1 Å². The summed E-state index contributed by atoms with van der Waals surface area (Å²) in [5.74, 6) is -2.27. The van der Waals surface area contributed by atoms with Crippen molar-refractivity contribution in [2.75, 3.05) is 25.1 Å². The normalized spacial score (nSPS) is 19.9. The summed E-state index contributed by atoms with van der Waals surface area (Å²) in [6.45, 7) is 2.04. The van der Waals surface area contributed by atoms with Gasteiger partial charge in [-0.25, -0.2) is 13.8 Å². The Balaban J connectivity index is 1.67. The van der Waals surface area contributed by atoms with Crippen LogP contribution in [0.5, 0.6) is 0 Å². The summed E-state index contributed by atoms with van der Waals surface area (Å²) in [6.07, 6.45) is 3.93. The molecule has 4 rings (SSSR count). The Morgan fingerprint density at radius 1 is 1.21 bits per heavy atom. The van der Waals surface area contributed by atoms with Crippen molar-refractivity contribution in [3.63, 3.8) is 0 Å². The molecule has 0 unspecified atom stereocenters. The van der Waals surface area contributed by atoms with E-state index in [1.54, 1.807) is 24.5 Å². The molecular weight excluding hydrogens is 364 g/mol. The Morgan fingerprint density at radius 2 is 2.00 bits per heavy atom. The number of fused-ring (bicyclic) bond motifs is 1. The van der Waals surface area contributed by atoms with E-state index in [2.05, 4.69) is 15.3 Å². The average molecular weight is 385 g/mol. The molecule has 1 aromatic carbocycles. The van der Waals surface area contributed by atoms with E-state index in [0.29, 0.717) is 37.5 Å². The minimum atomic E-state index is -2.88. The van der Waals surface area contributed by atoms with E-state index in [4.69, 9.17) is 4.74 Å². The third kappa shape index (κ3) is 3.68. The van der Waals surface area contributed by atoms with Gasteiger partial charge in [-0.3, -0.25) is 4.98 Å². The van der Waals surface area contributed by atoms with E-state index in [9.17, 15) is 13.9 Å². The molecule has 0 bridgehead atoms. The first-order chi connectivity index (χ1) is 13.4. The van der Waals surface area contributed by atoms with Gasteiger partial charge in [-0.1, -0.05) is 24.3 Å². The maximum absolute atomic E-state index is 13.5. The number of rotatable bonds is 5. The number of nitrogens with one attached hydrogen (secondary N) is 1. The smallest absolute Gasteiger partial charge is 0.270 e. The highest BCUT2D eigenvalue weighted by atomic mass is 19.3. The molecule has 3 aromatic rings. The molecule has 0 amide bonds. The van der Waals surface area contributed by atoms with Crippen LogP contribution in [0.3, 0.4) is 0 Å². The number of alkyl halides is 2. The van der Waals surface area contributed by atoms with Gasteiger partial charge in [0.2, 0.25) is 0 Å². The molecule has 2 N–H and O–H groups in total. The zero-order chi connectivity index (χ0) is 19.8. The first-order valence-corrected chi connectivity index (χ1v) is 9.12. The van der Waals surface area contributed by atoms with Crippen molar-refractivity contribution in [2.45, 2.75) is 24.9 Å². The van der Waals surface area contributed by atoms with E-state index < -0.39 is 11.5 Å². The second kappa shape index (κ2) is 7.07. The Morgan fingerprint density at radius 3 is 2.68 bits per heavy atom. The third-order valence-electron chi connectivity index (χ3n) is 5.01. The monoisotopic (exact) mass is 385 g/mol. The molecule has 1 aliphatic rings. The van der Waals surface area contributed by atoms with Gasteiger partial charge < -0.3 is 15.2 Å². The van der Waals surface area contributed by atoms with E-state index >= 15 is 0 Å². The number of benzene rings is 1. The summed E-state index contributed by atoms with van der Waals surface area (Å²) in [5, 5.41) is 14.5. The average Bonchev–Trinajstić information content (AvgIpc) is 3.12. The summed E-state index contributed by atoms with van der Waals surface area (Å²) in [7, 11) is 0. The van der Waals surface area contributed by atoms with Gasteiger partial charge >= 0.3 is 0 Å². The molecule has 0 spiro atoms. The number of nitrogens with zero attached hydrogens (tertiary/aromatic N) is 2. The molecule has 1 aliphatic heterocycles. The van der Waals surface area contributed by atoms with Gasteiger partial charge in [-0.05, 0) is 17.7 Å². The van der Waals surface area contributed by atoms with Crippen LogP contribution in [0.2, 0.25) is 0 Å². The maximum Gasteiger partial charge on any atom is 0.270 e. The van der Waals surface area contributed by atoms with Crippen molar-refractivity contribution in [2.24, 2.45) is 0 Å². The maximum atomic E-state index is 13.5. The van der Waals surface area contributed by atoms with Gasteiger partial charge in [0, 0.05) is 55.4 Å². The van der Waals surface area contributed by atoms with Crippen LogP contribution < -0.4 is 5.32 Å². The van der Waals surface area contributed by atoms with Crippen LogP contribution in [-0.2, 0) is 10.7 Å². The van der Waals surface area contributed by atoms with E-state index in [0.717, 1.165) is 23.4 Å². The van der Waals surface area contributed by atoms with Crippen molar-refractivity contribution in [1.29, 1.82) is 0 Å². The molecule has 1 saturated heterocycles. The minimum absolute atomic E-state index is 0.0354. The number of ether oxygens (including phenoxy) is 1. The van der Waals surface area contributed by atoms with Crippen molar-refractivity contribution < 1.29 is 18.6 Å². The summed E-state index contributed by atoms with van der Waals surface area (Å²) in [5.41, 5.74) is 1.29. The Hall–Kier alpha value is -2.64. The van der Waals surface area contributed by atoms with Crippen LogP contribution in [0.1, 0.15) is 18.9 Å². The fourth-order valence-electron chi connectivity index (χ4n) is 3.35. The Bertz CT molecular complexity index is 981. The molecule has 5 nitrogen and oxygen atoms in total. The molecule has 7 heteroatoms. The number of pyridine rings is 2. The number of aromatic nitrogens is 2. The molecule has 146 valence electrons. The highest BCUT2D eigenvalue weighted by Crippen LogP contribution is 2.33. The van der Waals surface area contributed by atoms with Crippen molar-refractivity contribution in [3.05, 3.63) is 54.4 Å². The van der Waals surface area contributed by atoms with Gasteiger partial charge in [0.25, 0.3) is 5.92 Å². The lowest BCUT2D eigenvalue weighted by Crippen LogP contribution is -2.37. The highest BCUT2D eigenvalue weighted by Gasteiger charge is 2.32. The topological polar surface area (TPSA) is 67.3 Å². The van der Waals surface area contributed by atoms with Crippen molar-refractivity contribution >= 4 is 16.7 Å². The molecular formula is C21H21F2N3O2. The number of aliphatic hydroxyl groups is 1. The molecule has 2 aromatic heterocycles. The first-order valence-electron chi connectivity index (χ1n) is 9.12. The van der Waals surface area contributed by atoms with Crippen LogP contribution in [-0.4, -0.2) is 40.4 Å². The van der Waals surface area contributed by atoms with E-state index in [-0.39, 0.29) is 5.56 Å². The number of anilines is 1. The third-order valence-corrected chi connectivity index (χ3v) is 5.01. The molecule has 0 saturated carbocycles. The second-order valence-corrected chi connectivity index (χ2v) is 7.27. The van der Waals surface area contributed by atoms with Crippen LogP contribution >= 0.6 is 0 Å². The molecule has 0 aliphatic carbocycles. The van der Waals surface area contributed by atoms with Crippen LogP contribution in [0, 0.1) is 0 Å². The highest BCUT2D eigenvalue weighted by molar-refractivity contribution is 5.99. The lowest BCUT2D eigenvalue weighted by Gasteiger charge is -2.21. The van der Waals surface area contributed by atoms with Gasteiger partial charge in [-0.2, -0.15) is 0 Å². The van der Waals surface area contributed by atoms with Crippen LogP contribution in [0.25, 0.3) is 22.0 Å². The minimum Gasteiger partial charge on any atom is -0.386 e. The zero-order valence-corrected chi connectivity index (χ0v) is 15.5. The van der Waals surface area contributed by atoms with Gasteiger partial charge in [0.05, 0.1) is 12.1 Å². The Kier molecular flexibility index (Phi) is 4.72. The SMILES string of the molecule is CC(F)(F)c1ccc(-c2cnc(NC[C@]3(O)CCOC3)c3cccnc23)cc1. The molecule has 0 radical (unpaired) electrons. The van der Waals surface area contributed by atoms with Crippen molar-refractivity contribution in [3.8, 4) is 11.1 Å². The van der Waals surface area contributed by atoms with Crippen LogP contribution in [0.15, 0.2) is 48.8 Å². The Labute approximate surface area is 161 Å². The fraction of sp³-hybridized carbons (Fsp3) is 0.333. The lowest BCUT2D eigenvalue weighted by molar-refractivity contribution is 0.0175. The zero-order valence-electron chi connectivity index (χ0n) is 15.5. The number of halogens is 2. The predicted octanol–water partition coefficient (Wildman–Crippen LogP) is 3.97. The quantitative estimate of drug-likeness (QED) is 0.696. The van der Waals surface area contributed by atoms with Gasteiger partial charge in [0.1, 0.15) is 11.4 Å². The van der Waals surface area contributed by atoms with Gasteiger partial charge in [0.15, 0.2) is 0 Å². The van der Waals surface area contributed by atoms with Crippen LogP contribution in [0.4, 0.5) is 14.6 Å². The predicted molar refractivity (Wildman–Crippen MR) is 103 cm³/mol. The van der Waals surface area contributed by atoms with Crippen molar-refractivity contribution in [1.82, 2.24) is 9.97 Å². The number of hydrogen-bond acceptors (Lipinski definition) is 5. The largest absolute Gasteiger partial charge is 0.386 e. The molecule has 28 heavy (non-hydrogen) atoms.